The van der Waals surface area contributed by atoms with E-state index in [1.807, 2.05) is 0 Å². The summed E-state index contributed by atoms with van der Waals surface area (Å²) >= 11 is 0. The minimum Gasteiger partial charge on any atom is -0.550 e. The zero-order valence-corrected chi connectivity index (χ0v) is 16.4. The maximum Gasteiger partial charge on any atom is 2.00 e. The third-order valence-electron chi connectivity index (χ3n) is 1.29. The van der Waals surface area contributed by atoms with Gasteiger partial charge in [-0.1, -0.05) is 13.2 Å². The van der Waals surface area contributed by atoms with E-state index in [9.17, 15) is 39.6 Å². The summed E-state index contributed by atoms with van der Waals surface area (Å²) < 4.78 is 0. The van der Waals surface area contributed by atoms with Crippen molar-refractivity contribution in [1.82, 2.24) is 0 Å². The van der Waals surface area contributed by atoms with Gasteiger partial charge < -0.3 is 39.6 Å². The number of carboxylic acids is 4. The third-order valence-corrected chi connectivity index (χ3v) is 1.29. The van der Waals surface area contributed by atoms with E-state index in [1.54, 1.807) is 0 Å². The number of aliphatic carboxylic acids is 4. The van der Waals surface area contributed by atoms with Crippen molar-refractivity contribution in [2.45, 2.75) is 12.8 Å². The van der Waals surface area contributed by atoms with Crippen LogP contribution in [0.5, 0.6) is 0 Å². The van der Waals surface area contributed by atoms with Crippen molar-refractivity contribution in [2.75, 3.05) is 0 Å². The van der Waals surface area contributed by atoms with Crippen molar-refractivity contribution >= 4 is 23.9 Å². The van der Waals surface area contributed by atoms with Crippen LogP contribution in [0, 0.1) is 0 Å². The summed E-state index contributed by atoms with van der Waals surface area (Å²) in [4.78, 5) is 38.8. The van der Waals surface area contributed by atoms with Gasteiger partial charge in [0.25, 0.3) is 0 Å². The fourth-order valence-corrected chi connectivity index (χ4v) is 0.493. The van der Waals surface area contributed by atoms with Crippen molar-refractivity contribution in [3.8, 4) is 0 Å². The summed E-state index contributed by atoms with van der Waals surface area (Å²) in [6, 6.07) is 0. The topological polar surface area (TPSA) is 161 Å². The van der Waals surface area contributed by atoms with Gasteiger partial charge >= 0.3 is 39.0 Å². The van der Waals surface area contributed by atoms with E-state index in [0.29, 0.717) is 0 Å². The van der Waals surface area contributed by atoms with E-state index in [0.717, 1.165) is 0 Å². The van der Waals surface area contributed by atoms with Gasteiger partial charge in [0.1, 0.15) is 0 Å². The van der Waals surface area contributed by atoms with Gasteiger partial charge in [0.15, 0.2) is 0 Å². The molecule has 0 amide bonds. The molecule has 0 saturated carbocycles. The fraction of sp³-hybridized carbons (Fsp3) is 0.200. The first kappa shape index (κ1) is 27.0. The number of carbonyl (C=O) groups is 4. The van der Waals surface area contributed by atoms with E-state index in [2.05, 4.69) is 13.2 Å². The molecule has 0 bridgehead atoms. The van der Waals surface area contributed by atoms with E-state index in [1.165, 1.54) is 0 Å². The Morgan fingerprint density at radius 2 is 0.850 bits per heavy atom. The maximum absolute atomic E-state index is 9.73. The Morgan fingerprint density at radius 3 is 0.900 bits per heavy atom. The zero-order chi connectivity index (χ0) is 14.9. The molecule has 0 N–H and O–H groups in total. The summed E-state index contributed by atoms with van der Waals surface area (Å²) in [5.41, 5.74) is -0.954. The van der Waals surface area contributed by atoms with Gasteiger partial charge in [-0.15, -0.1) is 0 Å². The molecule has 8 nitrogen and oxygen atoms in total. The normalized spacial score (nSPS) is 7.60. The molecule has 0 aliphatic heterocycles. The SMILES string of the molecule is C=C(CC(=O)[O-])C(=O)[O-].C=C(CC(=O)[O-])C(=O)[O-].[Zn+2].[Zn+2]. The van der Waals surface area contributed by atoms with E-state index >= 15 is 0 Å². The van der Waals surface area contributed by atoms with E-state index in [4.69, 9.17) is 0 Å². The predicted octanol–water partition coefficient (Wildman–Crippen LogP) is -5.14. The first-order chi connectivity index (χ1) is 8.07. The van der Waals surface area contributed by atoms with Crippen LogP contribution in [0.15, 0.2) is 24.3 Å². The number of rotatable bonds is 6. The molecule has 0 aliphatic carbocycles. The molecule has 0 radical (unpaired) electrons. The molecule has 0 saturated heterocycles. The Balaban J connectivity index is -0.000000116. The predicted molar refractivity (Wildman–Crippen MR) is 47.5 cm³/mol. The Hall–Kier alpha value is -1.39. The molecular formula is C10H8O8Zn2. The van der Waals surface area contributed by atoms with Crippen molar-refractivity contribution in [2.24, 2.45) is 0 Å². The number of hydrogen-bond donors (Lipinski definition) is 0. The third kappa shape index (κ3) is 19.0. The van der Waals surface area contributed by atoms with Crippen LogP contribution < -0.4 is 20.4 Å². The summed E-state index contributed by atoms with van der Waals surface area (Å²) in [5.74, 6) is -6.05. The smallest absolute Gasteiger partial charge is 0.550 e. The molecular weight excluding hydrogens is 379 g/mol. The molecule has 0 heterocycles. The standard InChI is InChI=1S/2C5H6O4.2Zn/c2*1-3(5(8)9)2-4(6)7;;/h2*1-2H2,(H,6,7)(H,8,9);;/q;;2*+2/p-4. The van der Waals surface area contributed by atoms with Gasteiger partial charge in [-0.25, -0.2) is 0 Å². The largest absolute Gasteiger partial charge is 2.00 e. The van der Waals surface area contributed by atoms with Crippen molar-refractivity contribution in [3.63, 3.8) is 0 Å². The molecule has 0 rings (SSSR count). The van der Waals surface area contributed by atoms with Crippen LogP contribution in [-0.4, -0.2) is 23.9 Å². The maximum atomic E-state index is 9.73. The van der Waals surface area contributed by atoms with Gasteiger partial charge in [-0.2, -0.15) is 0 Å². The molecule has 0 fully saturated rings. The van der Waals surface area contributed by atoms with Crippen LogP contribution in [0.2, 0.25) is 0 Å². The van der Waals surface area contributed by atoms with E-state index in [-0.39, 0.29) is 39.0 Å². The second-order valence-electron chi connectivity index (χ2n) is 2.88. The quantitative estimate of drug-likeness (QED) is 0.323. The Bertz CT molecular complexity index is 364. The number of hydrogen-bond acceptors (Lipinski definition) is 8. The average molecular weight is 387 g/mol. The number of carbonyl (C=O) groups excluding carboxylic acids is 4. The van der Waals surface area contributed by atoms with Gasteiger partial charge in [0.2, 0.25) is 0 Å². The molecule has 0 aromatic carbocycles. The summed E-state index contributed by atoms with van der Waals surface area (Å²) in [7, 11) is 0. The number of carboxylic acid groups (broad SMARTS) is 4. The minimum absolute atomic E-state index is 0. The molecule has 0 aliphatic rings. The molecule has 0 spiro atoms. The molecule has 100 valence electrons. The van der Waals surface area contributed by atoms with Gasteiger partial charge in [-0.3, -0.25) is 0 Å². The average Bonchev–Trinajstić information content (AvgIpc) is 2.16. The molecule has 0 atom stereocenters. The first-order valence-corrected chi connectivity index (χ1v) is 4.25. The van der Waals surface area contributed by atoms with Crippen molar-refractivity contribution in [3.05, 3.63) is 24.3 Å². The molecule has 0 aromatic heterocycles. The minimum atomic E-state index is -1.56. The second-order valence-corrected chi connectivity index (χ2v) is 2.88. The molecule has 20 heavy (non-hydrogen) atoms. The molecule has 0 unspecified atom stereocenters. The van der Waals surface area contributed by atoms with Crippen LogP contribution in [-0.2, 0) is 58.1 Å². The molecule has 10 heteroatoms. The van der Waals surface area contributed by atoms with Crippen LogP contribution >= 0.6 is 0 Å². The summed E-state index contributed by atoms with van der Waals surface area (Å²) in [6.45, 7) is 5.82. The fourth-order valence-electron chi connectivity index (χ4n) is 0.493. The van der Waals surface area contributed by atoms with Crippen LogP contribution in [0.3, 0.4) is 0 Å². The first-order valence-electron chi connectivity index (χ1n) is 4.25. The van der Waals surface area contributed by atoms with Crippen LogP contribution in [0.4, 0.5) is 0 Å². The Morgan fingerprint density at radius 1 is 0.650 bits per heavy atom. The van der Waals surface area contributed by atoms with Gasteiger partial charge in [0, 0.05) is 24.8 Å². The summed E-state index contributed by atoms with van der Waals surface area (Å²) in [5, 5.41) is 38.8. The van der Waals surface area contributed by atoms with Crippen LogP contribution in [0.25, 0.3) is 0 Å². The Kier molecular flexibility index (Phi) is 19.0. The summed E-state index contributed by atoms with van der Waals surface area (Å²) in [6.07, 6.45) is -1.36. The zero-order valence-electron chi connectivity index (χ0n) is 10.5. The second kappa shape index (κ2) is 14.0. The monoisotopic (exact) mass is 384 g/mol. The van der Waals surface area contributed by atoms with Gasteiger partial charge in [-0.05, 0) is 11.1 Å². The van der Waals surface area contributed by atoms with Crippen molar-refractivity contribution in [1.29, 1.82) is 0 Å². The van der Waals surface area contributed by atoms with Crippen LogP contribution in [0.1, 0.15) is 12.8 Å². The van der Waals surface area contributed by atoms with E-state index < -0.39 is 47.9 Å². The molecule has 0 aromatic rings. The Labute approximate surface area is 139 Å². The van der Waals surface area contributed by atoms with Gasteiger partial charge in [0.05, 0.1) is 11.9 Å². The van der Waals surface area contributed by atoms with Crippen molar-refractivity contribution < 1.29 is 78.6 Å².